The van der Waals surface area contributed by atoms with Crippen LogP contribution >= 0.6 is 11.6 Å². The van der Waals surface area contributed by atoms with Gasteiger partial charge in [0, 0.05) is 23.4 Å². The summed E-state index contributed by atoms with van der Waals surface area (Å²) in [5, 5.41) is 2.21. The number of pyridine rings is 1. The molecule has 2 aromatic rings. The van der Waals surface area contributed by atoms with Gasteiger partial charge in [0.1, 0.15) is 11.0 Å². The molecule has 1 N–H and O–H groups in total. The number of hydrogen-bond donors (Lipinski definition) is 1. The zero-order valence-corrected chi connectivity index (χ0v) is 11.6. The normalized spacial score (nSPS) is 10.5. The van der Waals surface area contributed by atoms with Gasteiger partial charge in [-0.3, -0.25) is 4.79 Å². The van der Waals surface area contributed by atoms with Gasteiger partial charge in [-0.1, -0.05) is 18.5 Å². The number of aryl methyl sites for hydroxylation is 1. The molecule has 0 aliphatic rings. The molecular formula is C14H10ClF3N2O. The van der Waals surface area contributed by atoms with Gasteiger partial charge in [0.25, 0.3) is 5.91 Å². The molecule has 0 radical (unpaired) electrons. The molecule has 0 saturated heterocycles. The molecule has 0 aliphatic heterocycles. The lowest BCUT2D eigenvalue weighted by atomic mass is 10.2. The maximum Gasteiger partial charge on any atom is 0.255 e. The van der Waals surface area contributed by atoms with Crippen LogP contribution in [0.3, 0.4) is 0 Å². The standard InChI is InChI=1S/C14H10ClF3N2O/c1-2-9-3-7(4-12(15)19-9)14(21)20-11-6-8(16)5-10(17)13(11)18/h3-6H,2H2,1H3,(H,20,21). The minimum atomic E-state index is -1.38. The Kier molecular flexibility index (Phi) is 4.47. The Bertz CT molecular complexity index is 707. The number of carbonyl (C=O) groups is 1. The summed E-state index contributed by atoms with van der Waals surface area (Å²) in [6.45, 7) is 1.82. The molecule has 0 fully saturated rings. The first-order chi connectivity index (χ1) is 9.90. The molecule has 1 amide bonds. The molecule has 1 aromatic carbocycles. The first-order valence-electron chi connectivity index (χ1n) is 6.03. The number of anilines is 1. The Morgan fingerprint density at radius 1 is 1.24 bits per heavy atom. The summed E-state index contributed by atoms with van der Waals surface area (Å²) in [5.74, 6) is -4.45. The second-order valence-electron chi connectivity index (χ2n) is 4.23. The second-order valence-corrected chi connectivity index (χ2v) is 4.61. The van der Waals surface area contributed by atoms with E-state index < -0.39 is 29.0 Å². The van der Waals surface area contributed by atoms with Crippen molar-refractivity contribution >= 4 is 23.2 Å². The number of hydrogen-bond acceptors (Lipinski definition) is 2. The van der Waals surface area contributed by atoms with Gasteiger partial charge in [-0.05, 0) is 18.6 Å². The maximum atomic E-state index is 13.5. The van der Waals surface area contributed by atoms with E-state index in [9.17, 15) is 18.0 Å². The van der Waals surface area contributed by atoms with Crippen molar-refractivity contribution in [3.05, 3.63) is 58.1 Å². The van der Waals surface area contributed by atoms with Crippen molar-refractivity contribution in [1.82, 2.24) is 4.98 Å². The van der Waals surface area contributed by atoms with E-state index in [0.29, 0.717) is 24.2 Å². The summed E-state index contributed by atoms with van der Waals surface area (Å²) >= 11 is 5.77. The van der Waals surface area contributed by atoms with Crippen LogP contribution in [0.2, 0.25) is 5.15 Å². The summed E-state index contributed by atoms with van der Waals surface area (Å²) in [6.07, 6.45) is 0.545. The second kappa shape index (κ2) is 6.13. The predicted octanol–water partition coefficient (Wildman–Crippen LogP) is 3.97. The molecule has 0 atom stereocenters. The Morgan fingerprint density at radius 3 is 2.62 bits per heavy atom. The summed E-state index contributed by atoms with van der Waals surface area (Å²) in [5.41, 5.74) is 0.109. The molecule has 110 valence electrons. The van der Waals surface area contributed by atoms with E-state index >= 15 is 0 Å². The van der Waals surface area contributed by atoms with Crippen LogP contribution in [0, 0.1) is 17.5 Å². The van der Waals surface area contributed by atoms with Crippen LogP contribution < -0.4 is 5.32 Å². The quantitative estimate of drug-likeness (QED) is 0.688. The van der Waals surface area contributed by atoms with Crippen LogP contribution in [0.1, 0.15) is 23.0 Å². The van der Waals surface area contributed by atoms with E-state index in [1.807, 2.05) is 6.92 Å². The third kappa shape index (κ3) is 3.52. The van der Waals surface area contributed by atoms with Crippen LogP contribution in [0.5, 0.6) is 0 Å². The average Bonchev–Trinajstić information content (AvgIpc) is 2.43. The number of aromatic nitrogens is 1. The van der Waals surface area contributed by atoms with Crippen molar-refractivity contribution in [3.63, 3.8) is 0 Å². The molecule has 0 saturated carbocycles. The first-order valence-corrected chi connectivity index (χ1v) is 6.41. The number of amides is 1. The summed E-state index contributed by atoms with van der Waals surface area (Å²) in [6, 6.07) is 3.84. The van der Waals surface area contributed by atoms with Crippen molar-refractivity contribution in [2.75, 3.05) is 5.32 Å². The summed E-state index contributed by atoms with van der Waals surface area (Å²) < 4.78 is 39.6. The third-order valence-electron chi connectivity index (χ3n) is 2.71. The van der Waals surface area contributed by atoms with Gasteiger partial charge >= 0.3 is 0 Å². The van der Waals surface area contributed by atoms with E-state index in [1.165, 1.54) is 12.1 Å². The van der Waals surface area contributed by atoms with Gasteiger partial charge in [0.2, 0.25) is 0 Å². The van der Waals surface area contributed by atoms with Gasteiger partial charge in [0.15, 0.2) is 11.6 Å². The first kappa shape index (κ1) is 15.3. The molecule has 0 spiro atoms. The Hall–Kier alpha value is -2.08. The van der Waals surface area contributed by atoms with Crippen molar-refractivity contribution < 1.29 is 18.0 Å². The minimum Gasteiger partial charge on any atom is -0.319 e. The van der Waals surface area contributed by atoms with Crippen molar-refractivity contribution in [3.8, 4) is 0 Å². The lowest BCUT2D eigenvalue weighted by Gasteiger charge is -2.08. The maximum absolute atomic E-state index is 13.5. The smallest absolute Gasteiger partial charge is 0.255 e. The molecule has 21 heavy (non-hydrogen) atoms. The van der Waals surface area contributed by atoms with Gasteiger partial charge in [-0.2, -0.15) is 0 Å². The van der Waals surface area contributed by atoms with Gasteiger partial charge in [0.05, 0.1) is 5.69 Å². The highest BCUT2D eigenvalue weighted by molar-refractivity contribution is 6.29. The Morgan fingerprint density at radius 2 is 1.95 bits per heavy atom. The Balaban J connectivity index is 2.32. The zero-order chi connectivity index (χ0) is 15.6. The molecule has 3 nitrogen and oxygen atoms in total. The van der Waals surface area contributed by atoms with Crippen molar-refractivity contribution in [1.29, 1.82) is 0 Å². The molecule has 0 bridgehead atoms. The predicted molar refractivity (Wildman–Crippen MR) is 72.9 cm³/mol. The molecule has 0 unspecified atom stereocenters. The van der Waals surface area contributed by atoms with E-state index in [-0.39, 0.29) is 10.7 Å². The fourth-order valence-corrected chi connectivity index (χ4v) is 1.93. The molecular weight excluding hydrogens is 305 g/mol. The number of halogens is 4. The molecule has 2 rings (SSSR count). The van der Waals surface area contributed by atoms with E-state index in [2.05, 4.69) is 10.3 Å². The molecule has 1 heterocycles. The topological polar surface area (TPSA) is 42.0 Å². The SMILES string of the molecule is CCc1cc(C(=O)Nc2cc(F)cc(F)c2F)cc(Cl)n1. The van der Waals surface area contributed by atoms with Crippen LogP contribution in [-0.4, -0.2) is 10.9 Å². The number of rotatable bonds is 3. The van der Waals surface area contributed by atoms with E-state index in [0.717, 1.165) is 0 Å². The number of benzene rings is 1. The molecule has 0 aliphatic carbocycles. The monoisotopic (exact) mass is 314 g/mol. The lowest BCUT2D eigenvalue weighted by molar-refractivity contribution is 0.102. The number of nitrogens with one attached hydrogen (secondary N) is 1. The minimum absolute atomic E-state index is 0.102. The van der Waals surface area contributed by atoms with Crippen LogP contribution in [-0.2, 0) is 6.42 Å². The van der Waals surface area contributed by atoms with Gasteiger partial charge < -0.3 is 5.32 Å². The fraction of sp³-hybridized carbons (Fsp3) is 0.143. The lowest BCUT2D eigenvalue weighted by Crippen LogP contribution is -2.14. The van der Waals surface area contributed by atoms with Crippen LogP contribution in [0.4, 0.5) is 18.9 Å². The largest absolute Gasteiger partial charge is 0.319 e. The van der Waals surface area contributed by atoms with Crippen LogP contribution in [0.25, 0.3) is 0 Å². The molecule has 1 aromatic heterocycles. The van der Waals surface area contributed by atoms with E-state index in [1.54, 1.807) is 0 Å². The van der Waals surface area contributed by atoms with Crippen LogP contribution in [0.15, 0.2) is 24.3 Å². The van der Waals surface area contributed by atoms with Crippen molar-refractivity contribution in [2.45, 2.75) is 13.3 Å². The number of carbonyl (C=O) groups excluding carboxylic acids is 1. The zero-order valence-electron chi connectivity index (χ0n) is 10.9. The van der Waals surface area contributed by atoms with E-state index in [4.69, 9.17) is 11.6 Å². The fourth-order valence-electron chi connectivity index (χ4n) is 1.70. The summed E-state index contributed by atoms with van der Waals surface area (Å²) in [4.78, 5) is 16.0. The Labute approximate surface area is 123 Å². The average molecular weight is 315 g/mol. The number of nitrogens with zero attached hydrogens (tertiary/aromatic N) is 1. The summed E-state index contributed by atoms with van der Waals surface area (Å²) in [7, 11) is 0. The molecule has 7 heteroatoms. The van der Waals surface area contributed by atoms with Gasteiger partial charge in [-0.15, -0.1) is 0 Å². The third-order valence-corrected chi connectivity index (χ3v) is 2.91. The highest BCUT2D eigenvalue weighted by Crippen LogP contribution is 2.20. The van der Waals surface area contributed by atoms with Crippen molar-refractivity contribution in [2.24, 2.45) is 0 Å². The highest BCUT2D eigenvalue weighted by atomic mass is 35.5. The highest BCUT2D eigenvalue weighted by Gasteiger charge is 2.15. The van der Waals surface area contributed by atoms with Gasteiger partial charge in [-0.25, -0.2) is 18.2 Å².